The average Bonchev–Trinajstić information content (AvgIpc) is 2.53. The summed E-state index contributed by atoms with van der Waals surface area (Å²) in [7, 11) is 3.19. The Bertz CT molecular complexity index is 736. The molecule has 0 radical (unpaired) electrons. The number of nitriles is 1. The van der Waals surface area contributed by atoms with E-state index in [2.05, 4.69) is 0 Å². The zero-order valence-corrected chi connectivity index (χ0v) is 13.9. The highest BCUT2D eigenvalue weighted by molar-refractivity contribution is 7.98. The predicted octanol–water partition coefficient (Wildman–Crippen LogP) is 4.20. The fraction of sp³-hybridized carbons (Fsp3) is 0.235. The van der Waals surface area contributed by atoms with Crippen molar-refractivity contribution in [1.82, 2.24) is 0 Å². The molecule has 120 valence electrons. The van der Waals surface area contributed by atoms with Crippen LogP contribution in [0.25, 0.3) is 0 Å². The third-order valence-corrected chi connectivity index (χ3v) is 4.17. The van der Waals surface area contributed by atoms with Gasteiger partial charge in [0.25, 0.3) is 0 Å². The number of rotatable bonds is 5. The summed E-state index contributed by atoms with van der Waals surface area (Å²) in [6.45, 7) is 0.310. The monoisotopic (exact) mass is 334 g/mol. The molecular formula is C17H16F2N2OS. The molecule has 0 unspecified atom stereocenters. The lowest BCUT2D eigenvalue weighted by atomic mass is 10.1. The van der Waals surface area contributed by atoms with Crippen molar-refractivity contribution in [2.75, 3.05) is 25.3 Å². The van der Waals surface area contributed by atoms with Crippen LogP contribution >= 0.6 is 11.8 Å². The van der Waals surface area contributed by atoms with Crippen molar-refractivity contribution in [2.45, 2.75) is 11.4 Å². The molecule has 2 aromatic rings. The van der Waals surface area contributed by atoms with E-state index in [0.29, 0.717) is 6.54 Å². The van der Waals surface area contributed by atoms with Crippen molar-refractivity contribution in [3.8, 4) is 11.8 Å². The van der Waals surface area contributed by atoms with Gasteiger partial charge in [0.1, 0.15) is 11.4 Å². The van der Waals surface area contributed by atoms with E-state index in [0.717, 1.165) is 28.3 Å². The molecule has 0 atom stereocenters. The molecule has 0 aliphatic carbocycles. The third kappa shape index (κ3) is 3.74. The number of thioether (sulfide) groups is 1. The minimum Gasteiger partial charge on any atom is -0.496 e. The summed E-state index contributed by atoms with van der Waals surface area (Å²) in [4.78, 5) is 2.47. The molecule has 0 bridgehead atoms. The van der Waals surface area contributed by atoms with Crippen LogP contribution in [0, 0.1) is 23.0 Å². The first-order valence-corrected chi connectivity index (χ1v) is 8.03. The summed E-state index contributed by atoms with van der Waals surface area (Å²) < 4.78 is 33.4. The maximum atomic E-state index is 14.1. The van der Waals surface area contributed by atoms with Gasteiger partial charge in [0.05, 0.1) is 18.7 Å². The van der Waals surface area contributed by atoms with Gasteiger partial charge in [0.2, 0.25) is 0 Å². The van der Waals surface area contributed by atoms with Gasteiger partial charge in [-0.15, -0.1) is 11.8 Å². The molecule has 2 rings (SSSR count). The number of anilines is 1. The Morgan fingerprint density at radius 1 is 1.22 bits per heavy atom. The normalized spacial score (nSPS) is 10.3. The number of benzene rings is 2. The first kappa shape index (κ1) is 17.1. The minimum atomic E-state index is -0.753. The van der Waals surface area contributed by atoms with Crippen LogP contribution in [0.3, 0.4) is 0 Å². The summed E-state index contributed by atoms with van der Waals surface area (Å²) in [5.41, 5.74) is 0.672. The number of halogens is 2. The summed E-state index contributed by atoms with van der Waals surface area (Å²) >= 11 is 1.56. The summed E-state index contributed by atoms with van der Waals surface area (Å²) in [6, 6.07) is 9.46. The van der Waals surface area contributed by atoms with Gasteiger partial charge < -0.3 is 9.64 Å². The van der Waals surface area contributed by atoms with Gasteiger partial charge in [-0.1, -0.05) is 6.07 Å². The molecule has 0 aliphatic rings. The molecule has 0 amide bonds. The highest BCUT2D eigenvalue weighted by Gasteiger charge is 2.16. The first-order valence-electron chi connectivity index (χ1n) is 6.81. The SMILES string of the molecule is COc1cc(CN(C)c2c(F)cc(C#N)cc2F)ccc1SC. The van der Waals surface area contributed by atoms with Gasteiger partial charge in [-0.3, -0.25) is 0 Å². The molecule has 2 aromatic carbocycles. The van der Waals surface area contributed by atoms with Crippen LogP contribution < -0.4 is 9.64 Å². The van der Waals surface area contributed by atoms with Crippen LogP contribution in [0.2, 0.25) is 0 Å². The summed E-state index contributed by atoms with van der Waals surface area (Å²) in [5, 5.41) is 8.75. The topological polar surface area (TPSA) is 36.3 Å². The van der Waals surface area contributed by atoms with Crippen LogP contribution in [0.4, 0.5) is 14.5 Å². The predicted molar refractivity (Wildman–Crippen MR) is 88.0 cm³/mol. The molecule has 0 saturated heterocycles. The lowest BCUT2D eigenvalue weighted by molar-refractivity contribution is 0.404. The molecule has 0 N–H and O–H groups in total. The van der Waals surface area contributed by atoms with Crippen LogP contribution in [-0.4, -0.2) is 20.4 Å². The van der Waals surface area contributed by atoms with Gasteiger partial charge in [0.15, 0.2) is 11.6 Å². The largest absolute Gasteiger partial charge is 0.496 e. The standard InChI is InChI=1S/C17H16F2N2OS/c1-21(17-13(18)6-12(9-20)7-14(17)19)10-11-4-5-16(23-3)15(8-11)22-2/h4-8H,10H2,1-3H3. The van der Waals surface area contributed by atoms with Crippen molar-refractivity contribution < 1.29 is 13.5 Å². The fourth-order valence-electron chi connectivity index (χ4n) is 2.33. The molecule has 0 spiro atoms. The molecule has 23 heavy (non-hydrogen) atoms. The Labute approximate surface area is 138 Å². The second kappa shape index (κ2) is 7.34. The van der Waals surface area contributed by atoms with Crippen molar-refractivity contribution in [3.05, 3.63) is 53.1 Å². The molecule has 0 fully saturated rings. The first-order chi connectivity index (χ1) is 11.0. The number of methoxy groups -OCH3 is 1. The maximum absolute atomic E-state index is 14.1. The summed E-state index contributed by atoms with van der Waals surface area (Å²) in [5.74, 6) is -0.780. The van der Waals surface area contributed by atoms with E-state index in [1.165, 1.54) is 4.90 Å². The number of ether oxygens (including phenoxy) is 1. The zero-order chi connectivity index (χ0) is 17.0. The van der Waals surface area contributed by atoms with Gasteiger partial charge in [-0.2, -0.15) is 5.26 Å². The number of nitrogens with zero attached hydrogens (tertiary/aromatic N) is 2. The van der Waals surface area contributed by atoms with Gasteiger partial charge in [0, 0.05) is 18.5 Å². The Morgan fingerprint density at radius 3 is 2.39 bits per heavy atom. The number of hydrogen-bond donors (Lipinski definition) is 0. The van der Waals surface area contributed by atoms with E-state index in [-0.39, 0.29) is 11.3 Å². The third-order valence-electron chi connectivity index (χ3n) is 3.40. The van der Waals surface area contributed by atoms with Crippen molar-refractivity contribution >= 4 is 17.4 Å². The van der Waals surface area contributed by atoms with Gasteiger partial charge >= 0.3 is 0 Å². The lowest BCUT2D eigenvalue weighted by Gasteiger charge is -2.21. The Hall–Kier alpha value is -2.26. The van der Waals surface area contributed by atoms with E-state index < -0.39 is 11.6 Å². The molecule has 0 heterocycles. The van der Waals surface area contributed by atoms with Gasteiger partial charge in [-0.25, -0.2) is 8.78 Å². The quantitative estimate of drug-likeness (QED) is 0.768. The van der Waals surface area contributed by atoms with Crippen LogP contribution in [-0.2, 0) is 6.54 Å². The fourth-order valence-corrected chi connectivity index (χ4v) is 2.87. The highest BCUT2D eigenvalue weighted by Crippen LogP contribution is 2.30. The number of hydrogen-bond acceptors (Lipinski definition) is 4. The average molecular weight is 334 g/mol. The second-order valence-corrected chi connectivity index (χ2v) is 5.79. The maximum Gasteiger partial charge on any atom is 0.150 e. The van der Waals surface area contributed by atoms with Crippen molar-refractivity contribution in [2.24, 2.45) is 0 Å². The molecule has 0 aliphatic heterocycles. The molecule has 3 nitrogen and oxygen atoms in total. The summed E-state index contributed by atoms with van der Waals surface area (Å²) in [6.07, 6.45) is 1.95. The lowest BCUT2D eigenvalue weighted by Crippen LogP contribution is -2.19. The van der Waals surface area contributed by atoms with Crippen LogP contribution in [0.15, 0.2) is 35.2 Å². The zero-order valence-electron chi connectivity index (χ0n) is 13.1. The van der Waals surface area contributed by atoms with E-state index >= 15 is 0 Å². The highest BCUT2D eigenvalue weighted by atomic mass is 32.2. The Kier molecular flexibility index (Phi) is 5.45. The van der Waals surface area contributed by atoms with E-state index in [1.54, 1.807) is 32.0 Å². The Morgan fingerprint density at radius 2 is 1.87 bits per heavy atom. The van der Waals surface area contributed by atoms with Crippen LogP contribution in [0.5, 0.6) is 5.75 Å². The van der Waals surface area contributed by atoms with Crippen molar-refractivity contribution in [3.63, 3.8) is 0 Å². The smallest absolute Gasteiger partial charge is 0.150 e. The molecule has 0 aromatic heterocycles. The molecular weight excluding hydrogens is 318 g/mol. The van der Waals surface area contributed by atoms with E-state index in [9.17, 15) is 8.78 Å². The second-order valence-electron chi connectivity index (χ2n) is 4.95. The minimum absolute atomic E-state index is 0.0388. The van der Waals surface area contributed by atoms with E-state index in [1.807, 2.05) is 24.5 Å². The van der Waals surface area contributed by atoms with Gasteiger partial charge in [-0.05, 0) is 36.1 Å². The molecule has 0 saturated carbocycles. The van der Waals surface area contributed by atoms with E-state index in [4.69, 9.17) is 10.00 Å². The molecule has 6 heteroatoms. The van der Waals surface area contributed by atoms with Crippen LogP contribution in [0.1, 0.15) is 11.1 Å². The Balaban J connectivity index is 2.29. The van der Waals surface area contributed by atoms with Crippen molar-refractivity contribution in [1.29, 1.82) is 5.26 Å².